The summed E-state index contributed by atoms with van der Waals surface area (Å²) in [6, 6.07) is 11.7. The van der Waals surface area contributed by atoms with Gasteiger partial charge in [-0.1, -0.05) is 30.0 Å². The van der Waals surface area contributed by atoms with Gasteiger partial charge in [0.25, 0.3) is 5.69 Å². The molecule has 1 saturated heterocycles. The van der Waals surface area contributed by atoms with Gasteiger partial charge in [0.05, 0.1) is 10.2 Å². The number of pyridine rings is 1. The largest absolute Gasteiger partial charge is 0.304 e. The first-order valence-electron chi connectivity index (χ1n) is 6.82. The molecule has 23 heavy (non-hydrogen) atoms. The Hall–Kier alpha value is -2.74. The quantitative estimate of drug-likeness (QED) is 0.687. The number of aromatic nitrogens is 1. The Kier molecular flexibility index (Phi) is 4.33. The second kappa shape index (κ2) is 6.57. The van der Waals surface area contributed by atoms with Gasteiger partial charge >= 0.3 is 0 Å². The SMILES string of the molecule is O=C1N/C(=N\c2ccccn2)S[C@H]1Cc1cccc([N+](=O)[O-])c1. The highest BCUT2D eigenvalue weighted by Crippen LogP contribution is 2.26. The summed E-state index contributed by atoms with van der Waals surface area (Å²) in [7, 11) is 0. The van der Waals surface area contributed by atoms with E-state index in [-0.39, 0.29) is 16.8 Å². The Balaban J connectivity index is 1.72. The van der Waals surface area contributed by atoms with Gasteiger partial charge in [-0.15, -0.1) is 0 Å². The van der Waals surface area contributed by atoms with Crippen LogP contribution >= 0.6 is 11.8 Å². The summed E-state index contributed by atoms with van der Waals surface area (Å²) < 4.78 is 0. The van der Waals surface area contributed by atoms with Gasteiger partial charge in [0, 0.05) is 18.3 Å². The molecule has 1 N–H and O–H groups in total. The van der Waals surface area contributed by atoms with Crippen molar-refractivity contribution in [1.82, 2.24) is 10.3 Å². The van der Waals surface area contributed by atoms with E-state index in [0.29, 0.717) is 17.4 Å². The number of amidine groups is 1. The molecular weight excluding hydrogens is 316 g/mol. The monoisotopic (exact) mass is 328 g/mol. The zero-order valence-electron chi connectivity index (χ0n) is 11.9. The van der Waals surface area contributed by atoms with Crippen LogP contribution in [0.25, 0.3) is 0 Å². The molecule has 0 aliphatic carbocycles. The van der Waals surface area contributed by atoms with Gasteiger partial charge in [-0.2, -0.15) is 0 Å². The van der Waals surface area contributed by atoms with E-state index in [2.05, 4.69) is 15.3 Å². The minimum atomic E-state index is -0.445. The lowest BCUT2D eigenvalue weighted by Gasteiger charge is -2.05. The van der Waals surface area contributed by atoms with Crippen molar-refractivity contribution in [2.45, 2.75) is 11.7 Å². The van der Waals surface area contributed by atoms with Crippen molar-refractivity contribution in [3.8, 4) is 0 Å². The molecule has 3 rings (SSSR count). The van der Waals surface area contributed by atoms with Crippen molar-refractivity contribution in [2.75, 3.05) is 0 Å². The number of thioether (sulfide) groups is 1. The first-order chi connectivity index (χ1) is 11.1. The Labute approximate surface area is 136 Å². The third-order valence-corrected chi connectivity index (χ3v) is 4.27. The Morgan fingerprint density at radius 2 is 2.17 bits per heavy atom. The lowest BCUT2D eigenvalue weighted by molar-refractivity contribution is -0.384. The van der Waals surface area contributed by atoms with E-state index in [1.807, 2.05) is 6.07 Å². The molecule has 1 atom stereocenters. The van der Waals surface area contributed by atoms with Crippen LogP contribution in [0.4, 0.5) is 11.5 Å². The maximum atomic E-state index is 12.0. The fourth-order valence-electron chi connectivity index (χ4n) is 2.13. The van der Waals surface area contributed by atoms with Crippen molar-refractivity contribution in [2.24, 2.45) is 4.99 Å². The summed E-state index contributed by atoms with van der Waals surface area (Å²) in [5.74, 6) is 0.363. The molecule has 1 aliphatic rings. The number of carbonyl (C=O) groups is 1. The third-order valence-electron chi connectivity index (χ3n) is 3.18. The fraction of sp³-hybridized carbons (Fsp3) is 0.133. The van der Waals surface area contributed by atoms with Crippen LogP contribution in [0.1, 0.15) is 5.56 Å². The van der Waals surface area contributed by atoms with Crippen molar-refractivity contribution < 1.29 is 9.72 Å². The molecule has 8 heteroatoms. The molecule has 1 fully saturated rings. The third kappa shape index (κ3) is 3.72. The lowest BCUT2D eigenvalue weighted by atomic mass is 10.1. The average Bonchev–Trinajstić information content (AvgIpc) is 2.88. The summed E-state index contributed by atoms with van der Waals surface area (Å²) in [6.07, 6.45) is 2.03. The van der Waals surface area contributed by atoms with E-state index in [4.69, 9.17) is 0 Å². The highest BCUT2D eigenvalue weighted by atomic mass is 32.2. The maximum absolute atomic E-state index is 12.0. The molecule has 0 saturated carbocycles. The fourth-order valence-corrected chi connectivity index (χ4v) is 3.14. The number of non-ortho nitro benzene ring substituents is 1. The van der Waals surface area contributed by atoms with Crippen LogP contribution in [-0.4, -0.2) is 26.2 Å². The minimum absolute atomic E-state index is 0.0216. The molecule has 1 aromatic heterocycles. The van der Waals surface area contributed by atoms with Crippen LogP contribution in [-0.2, 0) is 11.2 Å². The summed E-state index contributed by atoms with van der Waals surface area (Å²) >= 11 is 1.30. The van der Waals surface area contributed by atoms with E-state index in [0.717, 1.165) is 5.56 Å². The van der Waals surface area contributed by atoms with Crippen molar-refractivity contribution in [1.29, 1.82) is 0 Å². The smallest absolute Gasteiger partial charge is 0.269 e. The predicted octanol–water partition coefficient (Wildman–Crippen LogP) is 2.45. The van der Waals surface area contributed by atoms with Crippen LogP contribution in [0.15, 0.2) is 53.7 Å². The second-order valence-corrected chi connectivity index (χ2v) is 6.02. The minimum Gasteiger partial charge on any atom is -0.304 e. The molecule has 0 radical (unpaired) electrons. The average molecular weight is 328 g/mol. The molecule has 116 valence electrons. The number of nitrogens with zero attached hydrogens (tertiary/aromatic N) is 3. The van der Waals surface area contributed by atoms with Crippen LogP contribution in [0.2, 0.25) is 0 Å². The molecule has 7 nitrogen and oxygen atoms in total. The Morgan fingerprint density at radius 1 is 1.30 bits per heavy atom. The molecule has 1 aromatic carbocycles. The van der Waals surface area contributed by atoms with Gasteiger partial charge in [0.2, 0.25) is 5.91 Å². The summed E-state index contributed by atoms with van der Waals surface area (Å²) in [6.45, 7) is 0. The molecule has 1 aliphatic heterocycles. The highest BCUT2D eigenvalue weighted by molar-refractivity contribution is 8.15. The topological polar surface area (TPSA) is 97.5 Å². The van der Waals surface area contributed by atoms with Crippen LogP contribution in [0.5, 0.6) is 0 Å². The Morgan fingerprint density at radius 3 is 2.91 bits per heavy atom. The number of hydrogen-bond acceptors (Lipinski definition) is 6. The van der Waals surface area contributed by atoms with Crippen LogP contribution in [0.3, 0.4) is 0 Å². The van der Waals surface area contributed by atoms with Crippen molar-refractivity contribution in [3.63, 3.8) is 0 Å². The summed E-state index contributed by atoms with van der Waals surface area (Å²) in [5, 5.41) is 13.6. The Bertz CT molecular complexity index is 779. The second-order valence-electron chi connectivity index (χ2n) is 4.83. The maximum Gasteiger partial charge on any atom is 0.269 e. The number of nitro benzene ring substituents is 1. The first-order valence-corrected chi connectivity index (χ1v) is 7.70. The highest BCUT2D eigenvalue weighted by Gasteiger charge is 2.30. The lowest BCUT2D eigenvalue weighted by Crippen LogP contribution is -2.26. The molecule has 2 aromatic rings. The predicted molar refractivity (Wildman–Crippen MR) is 87.7 cm³/mol. The molecule has 2 heterocycles. The number of rotatable bonds is 4. The van der Waals surface area contributed by atoms with Crippen LogP contribution < -0.4 is 5.32 Å². The molecule has 0 bridgehead atoms. The van der Waals surface area contributed by atoms with Crippen molar-refractivity contribution in [3.05, 3.63) is 64.3 Å². The zero-order valence-corrected chi connectivity index (χ0v) is 12.7. The van der Waals surface area contributed by atoms with Gasteiger partial charge in [-0.25, -0.2) is 9.98 Å². The molecular formula is C15H12N4O3S. The van der Waals surface area contributed by atoms with E-state index < -0.39 is 4.92 Å². The van der Waals surface area contributed by atoms with Gasteiger partial charge in [0.1, 0.15) is 0 Å². The van der Waals surface area contributed by atoms with Gasteiger partial charge < -0.3 is 5.32 Å². The number of hydrogen-bond donors (Lipinski definition) is 1. The molecule has 0 unspecified atom stereocenters. The van der Waals surface area contributed by atoms with E-state index in [1.54, 1.807) is 30.5 Å². The van der Waals surface area contributed by atoms with E-state index in [1.165, 1.54) is 23.9 Å². The van der Waals surface area contributed by atoms with Crippen LogP contribution in [0, 0.1) is 10.1 Å². The number of amides is 1. The standard InChI is InChI=1S/C15H12N4O3S/c20-14-12(9-10-4-3-5-11(8-10)19(21)22)23-15(18-14)17-13-6-1-2-7-16-13/h1-8,12H,9H2,(H,16,17,18,20)/t12-/m0/s1. The summed E-state index contributed by atoms with van der Waals surface area (Å²) in [4.78, 5) is 30.7. The number of benzene rings is 1. The molecule has 1 amide bonds. The van der Waals surface area contributed by atoms with Gasteiger partial charge in [-0.05, 0) is 24.1 Å². The number of nitrogens with one attached hydrogen (secondary N) is 1. The number of carbonyl (C=O) groups excluding carboxylic acids is 1. The van der Waals surface area contributed by atoms with E-state index in [9.17, 15) is 14.9 Å². The van der Waals surface area contributed by atoms with E-state index >= 15 is 0 Å². The number of aliphatic imine (C=N–C) groups is 1. The summed E-state index contributed by atoms with van der Waals surface area (Å²) in [5.41, 5.74) is 0.763. The normalized spacial score (nSPS) is 18.9. The zero-order chi connectivity index (χ0) is 16.2. The molecule has 0 spiro atoms. The number of nitro groups is 1. The van der Waals surface area contributed by atoms with Gasteiger partial charge in [-0.3, -0.25) is 14.9 Å². The van der Waals surface area contributed by atoms with Crippen molar-refractivity contribution >= 4 is 34.3 Å². The van der Waals surface area contributed by atoms with Gasteiger partial charge in [0.15, 0.2) is 11.0 Å². The first kappa shape index (κ1) is 15.2.